The van der Waals surface area contributed by atoms with Crippen LogP contribution in [0.3, 0.4) is 0 Å². The van der Waals surface area contributed by atoms with Crippen LogP contribution < -0.4 is 20.7 Å². The van der Waals surface area contributed by atoms with Crippen LogP contribution in [0, 0.1) is 0 Å². The van der Waals surface area contributed by atoms with E-state index in [-0.39, 0.29) is 6.03 Å². The van der Waals surface area contributed by atoms with Gasteiger partial charge in [-0.1, -0.05) is 12.1 Å². The van der Waals surface area contributed by atoms with Gasteiger partial charge in [-0.3, -0.25) is 0 Å². The number of benzene rings is 2. The van der Waals surface area contributed by atoms with Gasteiger partial charge in [0.1, 0.15) is 5.75 Å². The Morgan fingerprint density at radius 3 is 2.12 bits per heavy atom. The average Bonchev–Trinajstić information content (AvgIpc) is 2.80. The van der Waals surface area contributed by atoms with E-state index in [1.807, 2.05) is 37.8 Å². The second-order valence-electron chi connectivity index (χ2n) is 7.28. The molecule has 0 fully saturated rings. The molecule has 1 unspecified atom stereocenters. The Kier molecular flexibility index (Phi) is 7.89. The maximum Gasteiger partial charge on any atom is 0.337 e. The fourth-order valence-electron chi connectivity index (χ4n) is 3.64. The van der Waals surface area contributed by atoms with E-state index < -0.39 is 12.0 Å². The van der Waals surface area contributed by atoms with Crippen LogP contribution in [0.4, 0.5) is 16.2 Å². The van der Waals surface area contributed by atoms with Crippen LogP contribution in [0.2, 0.25) is 0 Å². The SMILES string of the molecule is CCOc1ccc(NC(=O)Nc2ccc(C3NC(=S)N(CC)C(C)=C3C(=O)OC)cc2)cc1. The molecule has 1 heterocycles. The minimum Gasteiger partial charge on any atom is -0.494 e. The van der Waals surface area contributed by atoms with Gasteiger partial charge in [0.05, 0.1) is 25.3 Å². The molecule has 3 N–H and O–H groups in total. The van der Waals surface area contributed by atoms with Crippen LogP contribution in [0.25, 0.3) is 0 Å². The number of thiocarbonyl (C=S) groups is 1. The van der Waals surface area contributed by atoms with E-state index in [9.17, 15) is 9.59 Å². The molecule has 9 heteroatoms. The summed E-state index contributed by atoms with van der Waals surface area (Å²) in [6.07, 6.45) is 0. The summed E-state index contributed by atoms with van der Waals surface area (Å²) in [5.41, 5.74) is 3.34. The van der Waals surface area contributed by atoms with Crippen LogP contribution in [-0.4, -0.2) is 42.3 Å². The second-order valence-corrected chi connectivity index (χ2v) is 7.66. The number of nitrogens with one attached hydrogen (secondary N) is 3. The van der Waals surface area contributed by atoms with Crippen LogP contribution in [-0.2, 0) is 9.53 Å². The van der Waals surface area contributed by atoms with Gasteiger partial charge in [0, 0.05) is 23.6 Å². The Morgan fingerprint density at radius 1 is 1.03 bits per heavy atom. The fourth-order valence-corrected chi connectivity index (χ4v) is 4.02. The summed E-state index contributed by atoms with van der Waals surface area (Å²) in [5.74, 6) is 0.329. The average molecular weight is 469 g/mol. The lowest BCUT2D eigenvalue weighted by atomic mass is 9.95. The molecule has 0 aliphatic carbocycles. The number of hydrogen-bond acceptors (Lipinski definition) is 5. The minimum atomic E-state index is -0.445. The van der Waals surface area contributed by atoms with Crippen LogP contribution in [0.1, 0.15) is 32.4 Å². The van der Waals surface area contributed by atoms with Gasteiger partial charge in [-0.25, -0.2) is 9.59 Å². The molecule has 174 valence electrons. The van der Waals surface area contributed by atoms with Gasteiger partial charge >= 0.3 is 12.0 Å². The molecule has 33 heavy (non-hydrogen) atoms. The Labute approximate surface area is 198 Å². The first-order valence-corrected chi connectivity index (χ1v) is 11.1. The molecule has 0 aromatic heterocycles. The summed E-state index contributed by atoms with van der Waals surface area (Å²) in [5, 5.41) is 9.35. The van der Waals surface area contributed by atoms with Crippen molar-refractivity contribution in [3.63, 3.8) is 0 Å². The van der Waals surface area contributed by atoms with Crippen molar-refractivity contribution in [3.05, 3.63) is 65.4 Å². The normalized spacial score (nSPS) is 15.6. The summed E-state index contributed by atoms with van der Waals surface area (Å²) >= 11 is 5.48. The zero-order valence-electron chi connectivity index (χ0n) is 19.1. The maximum atomic E-state index is 12.5. The first-order chi connectivity index (χ1) is 15.9. The predicted molar refractivity (Wildman–Crippen MR) is 132 cm³/mol. The third-order valence-electron chi connectivity index (χ3n) is 5.24. The van der Waals surface area contributed by atoms with E-state index in [0.29, 0.717) is 35.2 Å². The van der Waals surface area contributed by atoms with Gasteiger partial charge in [-0.05, 0) is 75.0 Å². The first kappa shape index (κ1) is 24.1. The Bertz CT molecular complexity index is 1050. The van der Waals surface area contributed by atoms with Gasteiger partial charge in [0.2, 0.25) is 0 Å². The Balaban J connectivity index is 1.72. The maximum absolute atomic E-state index is 12.5. The van der Waals surface area contributed by atoms with Crippen molar-refractivity contribution in [3.8, 4) is 5.75 Å². The number of allylic oxidation sites excluding steroid dienone is 1. The van der Waals surface area contributed by atoms with Crippen molar-refractivity contribution in [1.29, 1.82) is 0 Å². The number of carbonyl (C=O) groups is 2. The van der Waals surface area contributed by atoms with E-state index in [4.69, 9.17) is 21.7 Å². The Morgan fingerprint density at radius 2 is 1.61 bits per heavy atom. The number of ether oxygens (including phenoxy) is 2. The van der Waals surface area contributed by atoms with Crippen LogP contribution in [0.5, 0.6) is 5.75 Å². The van der Waals surface area contributed by atoms with Crippen LogP contribution in [0.15, 0.2) is 59.8 Å². The number of urea groups is 1. The molecule has 2 aromatic carbocycles. The topological polar surface area (TPSA) is 91.9 Å². The van der Waals surface area contributed by atoms with Gasteiger partial charge < -0.3 is 30.3 Å². The zero-order chi connectivity index (χ0) is 24.0. The summed E-state index contributed by atoms with van der Waals surface area (Å²) in [6.45, 7) is 6.95. The summed E-state index contributed by atoms with van der Waals surface area (Å²) in [7, 11) is 1.36. The van der Waals surface area contributed by atoms with E-state index in [1.54, 1.807) is 36.4 Å². The number of rotatable bonds is 7. The highest BCUT2D eigenvalue weighted by Crippen LogP contribution is 2.31. The molecule has 2 amide bonds. The first-order valence-electron chi connectivity index (χ1n) is 10.7. The molecule has 3 rings (SSSR count). The van der Waals surface area contributed by atoms with Gasteiger partial charge in [-0.2, -0.15) is 0 Å². The number of nitrogens with zero attached hydrogens (tertiary/aromatic N) is 1. The quantitative estimate of drug-likeness (QED) is 0.409. The largest absolute Gasteiger partial charge is 0.494 e. The minimum absolute atomic E-state index is 0.367. The zero-order valence-corrected chi connectivity index (χ0v) is 19.9. The molecule has 0 saturated heterocycles. The molecule has 8 nitrogen and oxygen atoms in total. The van der Waals surface area contributed by atoms with Crippen molar-refractivity contribution in [2.45, 2.75) is 26.8 Å². The molecular formula is C24H28N4O4S. The number of hydrogen-bond donors (Lipinski definition) is 3. The lowest BCUT2D eigenvalue weighted by Gasteiger charge is -2.36. The number of carbonyl (C=O) groups excluding carboxylic acids is 2. The van der Waals surface area contributed by atoms with Crippen molar-refractivity contribution < 1.29 is 19.1 Å². The second kappa shape index (κ2) is 10.8. The van der Waals surface area contributed by atoms with E-state index in [0.717, 1.165) is 17.0 Å². The molecule has 0 bridgehead atoms. The molecule has 1 atom stereocenters. The number of methoxy groups -OCH3 is 1. The summed E-state index contributed by atoms with van der Waals surface area (Å²) < 4.78 is 10.4. The molecule has 2 aromatic rings. The smallest absolute Gasteiger partial charge is 0.337 e. The predicted octanol–water partition coefficient (Wildman–Crippen LogP) is 4.43. The summed E-state index contributed by atoms with van der Waals surface area (Å²) in [4.78, 5) is 26.7. The molecule has 1 aliphatic rings. The molecule has 0 spiro atoms. The fraction of sp³-hybridized carbons (Fsp3) is 0.292. The highest BCUT2D eigenvalue weighted by atomic mass is 32.1. The lowest BCUT2D eigenvalue weighted by Crippen LogP contribution is -2.47. The molecule has 1 aliphatic heterocycles. The Hall–Kier alpha value is -3.59. The van der Waals surface area contributed by atoms with Crippen molar-refractivity contribution >= 4 is 40.7 Å². The van der Waals surface area contributed by atoms with Crippen molar-refractivity contribution in [2.75, 3.05) is 30.9 Å². The molecule has 0 saturated carbocycles. The standard InChI is InChI=1S/C24H28N4O4S/c1-5-28-15(3)20(22(29)31-4)21(27-24(28)33)16-7-9-17(10-8-16)25-23(30)26-18-11-13-19(14-12-18)32-6-2/h7-14,21H,5-6H2,1-4H3,(H,27,33)(H2,25,26,30). The van der Waals surface area contributed by atoms with Crippen molar-refractivity contribution in [1.82, 2.24) is 10.2 Å². The third kappa shape index (κ3) is 5.61. The van der Waals surface area contributed by atoms with Gasteiger partial charge in [0.15, 0.2) is 5.11 Å². The third-order valence-corrected chi connectivity index (χ3v) is 5.58. The number of esters is 1. The molecular weight excluding hydrogens is 440 g/mol. The number of anilines is 2. The number of amides is 2. The van der Waals surface area contributed by atoms with Crippen LogP contribution >= 0.6 is 12.2 Å². The van der Waals surface area contributed by atoms with Gasteiger partial charge in [0.25, 0.3) is 0 Å². The highest BCUT2D eigenvalue weighted by molar-refractivity contribution is 7.80. The van der Waals surface area contributed by atoms with E-state index in [1.165, 1.54) is 7.11 Å². The monoisotopic (exact) mass is 468 g/mol. The molecule has 0 radical (unpaired) electrons. The highest BCUT2D eigenvalue weighted by Gasteiger charge is 2.33. The van der Waals surface area contributed by atoms with Crippen molar-refractivity contribution in [2.24, 2.45) is 0 Å². The lowest BCUT2D eigenvalue weighted by molar-refractivity contribution is -0.136. The van der Waals surface area contributed by atoms with E-state index in [2.05, 4.69) is 16.0 Å². The summed E-state index contributed by atoms with van der Waals surface area (Å²) in [6, 6.07) is 13.5. The van der Waals surface area contributed by atoms with Gasteiger partial charge in [-0.15, -0.1) is 0 Å². The van der Waals surface area contributed by atoms with E-state index >= 15 is 0 Å².